The first-order valence-corrected chi connectivity index (χ1v) is 6.37. The molecular weight excluding hydrogens is 240 g/mol. The lowest BCUT2D eigenvalue weighted by molar-refractivity contribution is -0.116. The lowest BCUT2D eigenvalue weighted by atomic mass is 10.1. The molecule has 0 fully saturated rings. The zero-order chi connectivity index (χ0) is 14.0. The SMILES string of the molecule is CC(=O)Cc1cccc(-n2ccn(C(C)C)c2=O)c1. The van der Waals surface area contributed by atoms with E-state index in [1.54, 1.807) is 28.5 Å². The van der Waals surface area contributed by atoms with Crippen LogP contribution in [0.5, 0.6) is 0 Å². The van der Waals surface area contributed by atoms with Crippen molar-refractivity contribution in [1.29, 1.82) is 0 Å². The monoisotopic (exact) mass is 258 g/mol. The standard InChI is InChI=1S/C15H18N2O2/c1-11(2)16-7-8-17(15(16)19)14-6-4-5-13(10-14)9-12(3)18/h4-8,10-11H,9H2,1-3H3. The lowest BCUT2D eigenvalue weighted by Gasteiger charge is -2.06. The van der Waals surface area contributed by atoms with Crippen LogP contribution in [0.15, 0.2) is 41.5 Å². The van der Waals surface area contributed by atoms with Gasteiger partial charge in [0.25, 0.3) is 0 Å². The molecule has 0 aliphatic rings. The molecule has 1 aromatic carbocycles. The summed E-state index contributed by atoms with van der Waals surface area (Å²) in [6, 6.07) is 7.65. The van der Waals surface area contributed by atoms with Crippen molar-refractivity contribution >= 4 is 5.78 Å². The molecule has 0 saturated heterocycles. The van der Waals surface area contributed by atoms with E-state index in [-0.39, 0.29) is 17.5 Å². The summed E-state index contributed by atoms with van der Waals surface area (Å²) in [6.45, 7) is 5.50. The normalized spacial score (nSPS) is 10.9. The van der Waals surface area contributed by atoms with Gasteiger partial charge in [-0.05, 0) is 38.5 Å². The minimum absolute atomic E-state index is 0.0602. The lowest BCUT2D eigenvalue weighted by Crippen LogP contribution is -2.24. The number of carbonyl (C=O) groups excluding carboxylic acids is 1. The minimum Gasteiger partial charge on any atom is -0.300 e. The number of carbonyl (C=O) groups is 1. The highest BCUT2D eigenvalue weighted by Crippen LogP contribution is 2.11. The van der Waals surface area contributed by atoms with Gasteiger partial charge in [0.1, 0.15) is 5.78 Å². The Kier molecular flexibility index (Phi) is 3.69. The van der Waals surface area contributed by atoms with Crippen LogP contribution in [0.1, 0.15) is 32.4 Å². The van der Waals surface area contributed by atoms with Crippen molar-refractivity contribution in [2.75, 3.05) is 0 Å². The van der Waals surface area contributed by atoms with Crippen molar-refractivity contribution in [2.24, 2.45) is 0 Å². The first-order valence-electron chi connectivity index (χ1n) is 6.37. The number of benzene rings is 1. The van der Waals surface area contributed by atoms with Crippen LogP contribution in [-0.4, -0.2) is 14.9 Å². The fraction of sp³-hybridized carbons (Fsp3) is 0.333. The van der Waals surface area contributed by atoms with E-state index in [4.69, 9.17) is 0 Å². The van der Waals surface area contributed by atoms with Gasteiger partial charge in [-0.3, -0.25) is 13.9 Å². The Labute approximate surface area is 112 Å². The Balaban J connectivity index is 2.42. The average molecular weight is 258 g/mol. The summed E-state index contributed by atoms with van der Waals surface area (Å²) >= 11 is 0. The van der Waals surface area contributed by atoms with Crippen molar-refractivity contribution in [3.8, 4) is 5.69 Å². The zero-order valence-corrected chi connectivity index (χ0v) is 11.5. The summed E-state index contributed by atoms with van der Waals surface area (Å²) < 4.78 is 3.28. The topological polar surface area (TPSA) is 44.0 Å². The fourth-order valence-electron chi connectivity index (χ4n) is 2.08. The predicted molar refractivity (Wildman–Crippen MR) is 74.8 cm³/mol. The van der Waals surface area contributed by atoms with E-state index in [1.165, 1.54) is 0 Å². The molecule has 0 amide bonds. The Morgan fingerprint density at radius 2 is 2.00 bits per heavy atom. The summed E-state index contributed by atoms with van der Waals surface area (Å²) in [5.41, 5.74) is 1.66. The highest BCUT2D eigenvalue weighted by Gasteiger charge is 2.08. The number of Topliss-reactive ketones (excluding diaryl/α,β-unsaturated/α-hetero) is 1. The van der Waals surface area contributed by atoms with Gasteiger partial charge >= 0.3 is 5.69 Å². The van der Waals surface area contributed by atoms with Gasteiger partial charge in [-0.25, -0.2) is 4.79 Å². The number of ketones is 1. The fourth-order valence-corrected chi connectivity index (χ4v) is 2.08. The largest absolute Gasteiger partial charge is 0.332 e. The third-order valence-corrected chi connectivity index (χ3v) is 3.00. The van der Waals surface area contributed by atoms with Crippen molar-refractivity contribution in [3.05, 3.63) is 52.7 Å². The van der Waals surface area contributed by atoms with Gasteiger partial charge < -0.3 is 0 Å². The molecule has 100 valence electrons. The van der Waals surface area contributed by atoms with Crippen molar-refractivity contribution in [3.63, 3.8) is 0 Å². The van der Waals surface area contributed by atoms with Crippen LogP contribution in [-0.2, 0) is 11.2 Å². The van der Waals surface area contributed by atoms with Crippen LogP contribution in [0.3, 0.4) is 0 Å². The molecule has 0 spiro atoms. The molecule has 0 saturated carbocycles. The first-order chi connectivity index (χ1) is 8.99. The van der Waals surface area contributed by atoms with Gasteiger partial charge in [-0.1, -0.05) is 12.1 Å². The maximum absolute atomic E-state index is 12.2. The van der Waals surface area contributed by atoms with Crippen LogP contribution < -0.4 is 5.69 Å². The maximum atomic E-state index is 12.2. The molecule has 0 aliphatic heterocycles. The van der Waals surface area contributed by atoms with Crippen LogP contribution in [0, 0.1) is 0 Å². The van der Waals surface area contributed by atoms with Crippen LogP contribution in [0.2, 0.25) is 0 Å². The van der Waals surface area contributed by atoms with Crippen molar-refractivity contribution < 1.29 is 4.79 Å². The molecule has 1 heterocycles. The van der Waals surface area contributed by atoms with Gasteiger partial charge in [0.15, 0.2) is 0 Å². The number of imidazole rings is 1. The second-order valence-corrected chi connectivity index (χ2v) is 5.00. The summed E-state index contributed by atoms with van der Waals surface area (Å²) in [5, 5.41) is 0. The molecule has 0 aliphatic carbocycles. The number of nitrogens with zero attached hydrogens (tertiary/aromatic N) is 2. The maximum Gasteiger partial charge on any atom is 0.332 e. The molecule has 0 radical (unpaired) electrons. The molecule has 2 aromatic rings. The van der Waals surface area contributed by atoms with Gasteiger partial charge in [0.2, 0.25) is 0 Å². The molecule has 0 unspecified atom stereocenters. The van der Waals surface area contributed by atoms with Gasteiger partial charge in [-0.15, -0.1) is 0 Å². The minimum atomic E-state index is -0.0602. The summed E-state index contributed by atoms with van der Waals surface area (Å²) in [6.07, 6.45) is 3.94. The molecular formula is C15H18N2O2. The summed E-state index contributed by atoms with van der Waals surface area (Å²) in [4.78, 5) is 23.4. The Morgan fingerprint density at radius 3 is 2.58 bits per heavy atom. The highest BCUT2D eigenvalue weighted by atomic mass is 16.1. The molecule has 4 nitrogen and oxygen atoms in total. The Bertz CT molecular complexity index is 650. The van der Waals surface area contributed by atoms with E-state index in [1.807, 2.05) is 38.1 Å². The zero-order valence-electron chi connectivity index (χ0n) is 11.5. The van der Waals surface area contributed by atoms with E-state index >= 15 is 0 Å². The van der Waals surface area contributed by atoms with E-state index < -0.39 is 0 Å². The summed E-state index contributed by atoms with van der Waals surface area (Å²) in [7, 11) is 0. The molecule has 2 rings (SSSR count). The van der Waals surface area contributed by atoms with E-state index in [2.05, 4.69) is 0 Å². The number of hydrogen-bond donors (Lipinski definition) is 0. The Morgan fingerprint density at radius 1 is 1.26 bits per heavy atom. The van der Waals surface area contributed by atoms with Crippen LogP contribution in [0.25, 0.3) is 5.69 Å². The average Bonchev–Trinajstić information content (AvgIpc) is 2.70. The quantitative estimate of drug-likeness (QED) is 0.845. The number of hydrogen-bond acceptors (Lipinski definition) is 2. The second kappa shape index (κ2) is 5.26. The number of aromatic nitrogens is 2. The first kappa shape index (κ1) is 13.3. The Hall–Kier alpha value is -2.10. The van der Waals surface area contributed by atoms with Gasteiger partial charge in [-0.2, -0.15) is 0 Å². The molecule has 0 N–H and O–H groups in total. The number of rotatable bonds is 4. The molecule has 1 aromatic heterocycles. The van der Waals surface area contributed by atoms with E-state index in [0.29, 0.717) is 6.42 Å². The van der Waals surface area contributed by atoms with Gasteiger partial charge in [0, 0.05) is 24.9 Å². The molecule has 4 heteroatoms. The second-order valence-electron chi connectivity index (χ2n) is 5.00. The third kappa shape index (κ3) is 2.84. The van der Waals surface area contributed by atoms with Crippen molar-refractivity contribution in [1.82, 2.24) is 9.13 Å². The van der Waals surface area contributed by atoms with Gasteiger partial charge in [0.05, 0.1) is 5.69 Å². The molecule has 0 atom stereocenters. The third-order valence-electron chi connectivity index (χ3n) is 3.00. The van der Waals surface area contributed by atoms with Crippen molar-refractivity contribution in [2.45, 2.75) is 33.2 Å². The summed E-state index contributed by atoms with van der Waals surface area (Å²) in [5.74, 6) is 0.115. The van der Waals surface area contributed by atoms with E-state index in [9.17, 15) is 9.59 Å². The van der Waals surface area contributed by atoms with Crippen LogP contribution in [0.4, 0.5) is 0 Å². The smallest absolute Gasteiger partial charge is 0.300 e. The van der Waals surface area contributed by atoms with E-state index in [0.717, 1.165) is 11.3 Å². The van der Waals surface area contributed by atoms with Crippen LogP contribution >= 0.6 is 0 Å². The highest BCUT2D eigenvalue weighted by molar-refractivity contribution is 5.78. The molecule has 0 bridgehead atoms. The predicted octanol–water partition coefficient (Wildman–Crippen LogP) is 2.35. The molecule has 19 heavy (non-hydrogen) atoms.